The molecule has 1 aromatic carbocycles. The molecule has 0 aliphatic carbocycles. The summed E-state index contributed by atoms with van der Waals surface area (Å²) in [6.07, 6.45) is 1.84. The molecule has 17 heavy (non-hydrogen) atoms. The van der Waals surface area contributed by atoms with E-state index in [9.17, 15) is 4.79 Å². The van der Waals surface area contributed by atoms with Gasteiger partial charge < -0.3 is 11.1 Å². The molecule has 1 amide bonds. The van der Waals surface area contributed by atoms with Gasteiger partial charge in [0.1, 0.15) is 0 Å². The molecule has 88 valence electrons. The van der Waals surface area contributed by atoms with Gasteiger partial charge in [-0.3, -0.25) is 9.48 Å². The number of nitrogen functional groups attached to an aromatic ring is 1. The highest BCUT2D eigenvalue weighted by Crippen LogP contribution is 2.06. The van der Waals surface area contributed by atoms with Gasteiger partial charge in [0, 0.05) is 24.5 Å². The lowest BCUT2D eigenvalue weighted by Crippen LogP contribution is -2.23. The van der Waals surface area contributed by atoms with Crippen LogP contribution in [0.15, 0.2) is 36.5 Å². The summed E-state index contributed by atoms with van der Waals surface area (Å²) in [5, 5.41) is 6.96. The number of amides is 1. The highest BCUT2D eigenvalue weighted by Gasteiger charge is 2.05. The predicted molar refractivity (Wildman–Crippen MR) is 65.2 cm³/mol. The molecule has 0 spiro atoms. The lowest BCUT2D eigenvalue weighted by molar-refractivity contribution is 0.0950. The molecule has 0 fully saturated rings. The Kier molecular flexibility index (Phi) is 3.09. The first-order valence-corrected chi connectivity index (χ1v) is 5.27. The lowest BCUT2D eigenvalue weighted by Gasteiger charge is -2.03. The van der Waals surface area contributed by atoms with Crippen molar-refractivity contribution in [2.75, 3.05) is 5.73 Å². The number of carbonyl (C=O) groups excluding carboxylic acids is 1. The molecular weight excluding hydrogens is 216 g/mol. The van der Waals surface area contributed by atoms with Crippen molar-refractivity contribution >= 4 is 11.6 Å². The summed E-state index contributed by atoms with van der Waals surface area (Å²) in [6.45, 7) is 0.411. The van der Waals surface area contributed by atoms with Gasteiger partial charge >= 0.3 is 0 Å². The number of carbonyl (C=O) groups is 1. The molecule has 5 heteroatoms. The number of nitrogens with one attached hydrogen (secondary N) is 1. The van der Waals surface area contributed by atoms with Crippen molar-refractivity contribution in [1.82, 2.24) is 15.1 Å². The monoisotopic (exact) mass is 230 g/mol. The van der Waals surface area contributed by atoms with E-state index in [0.29, 0.717) is 17.8 Å². The maximum Gasteiger partial charge on any atom is 0.251 e. The zero-order chi connectivity index (χ0) is 12.3. The first-order chi connectivity index (χ1) is 8.15. The second kappa shape index (κ2) is 4.69. The van der Waals surface area contributed by atoms with E-state index in [0.717, 1.165) is 5.69 Å². The molecule has 0 unspecified atom stereocenters. The number of aromatic nitrogens is 2. The summed E-state index contributed by atoms with van der Waals surface area (Å²) in [6, 6.07) is 8.73. The first-order valence-electron chi connectivity index (χ1n) is 5.27. The van der Waals surface area contributed by atoms with Crippen LogP contribution in [0.2, 0.25) is 0 Å². The average molecular weight is 230 g/mol. The van der Waals surface area contributed by atoms with E-state index in [1.165, 1.54) is 0 Å². The Bertz CT molecular complexity index is 533. The zero-order valence-electron chi connectivity index (χ0n) is 9.55. The number of nitrogens with zero attached hydrogens (tertiary/aromatic N) is 2. The number of anilines is 1. The summed E-state index contributed by atoms with van der Waals surface area (Å²) in [7, 11) is 1.84. The molecule has 0 atom stereocenters. The van der Waals surface area contributed by atoms with Crippen LogP contribution < -0.4 is 11.1 Å². The van der Waals surface area contributed by atoms with Gasteiger partial charge in [-0.05, 0) is 24.3 Å². The Labute approximate surface area is 99.2 Å². The van der Waals surface area contributed by atoms with Crippen molar-refractivity contribution in [3.05, 3.63) is 47.8 Å². The summed E-state index contributed by atoms with van der Waals surface area (Å²) in [5.41, 5.74) is 7.57. The third-order valence-corrected chi connectivity index (χ3v) is 2.35. The molecule has 2 rings (SSSR count). The first kappa shape index (κ1) is 11.2. The molecule has 1 aromatic heterocycles. The lowest BCUT2D eigenvalue weighted by atomic mass is 10.2. The molecule has 0 saturated carbocycles. The Morgan fingerprint density at radius 2 is 2.29 bits per heavy atom. The normalized spacial score (nSPS) is 10.2. The van der Waals surface area contributed by atoms with Crippen LogP contribution in [0.5, 0.6) is 0 Å². The molecule has 0 saturated heterocycles. The van der Waals surface area contributed by atoms with Crippen LogP contribution in [0.1, 0.15) is 16.1 Å². The van der Waals surface area contributed by atoms with E-state index in [1.54, 1.807) is 28.9 Å². The van der Waals surface area contributed by atoms with Crippen LogP contribution >= 0.6 is 0 Å². The SMILES string of the molecule is Cn1ccc(CNC(=O)c2cccc(N)c2)n1. The van der Waals surface area contributed by atoms with Gasteiger partial charge in [0.05, 0.1) is 12.2 Å². The predicted octanol–water partition coefficient (Wildman–Crippen LogP) is 0.932. The maximum atomic E-state index is 11.8. The van der Waals surface area contributed by atoms with Gasteiger partial charge in [-0.25, -0.2) is 0 Å². The highest BCUT2D eigenvalue weighted by atomic mass is 16.1. The van der Waals surface area contributed by atoms with E-state index < -0.39 is 0 Å². The number of nitrogens with two attached hydrogens (primary N) is 1. The smallest absolute Gasteiger partial charge is 0.251 e. The fourth-order valence-corrected chi connectivity index (χ4v) is 1.51. The van der Waals surface area contributed by atoms with E-state index >= 15 is 0 Å². The average Bonchev–Trinajstić information content (AvgIpc) is 2.72. The minimum atomic E-state index is -0.150. The van der Waals surface area contributed by atoms with Crippen molar-refractivity contribution in [2.24, 2.45) is 7.05 Å². The molecule has 5 nitrogen and oxygen atoms in total. The maximum absolute atomic E-state index is 11.8. The van der Waals surface area contributed by atoms with E-state index in [1.807, 2.05) is 19.3 Å². The van der Waals surface area contributed by atoms with Gasteiger partial charge in [-0.2, -0.15) is 5.10 Å². The number of benzene rings is 1. The fourth-order valence-electron chi connectivity index (χ4n) is 1.51. The van der Waals surface area contributed by atoms with Crippen LogP contribution in [0.4, 0.5) is 5.69 Å². The number of rotatable bonds is 3. The standard InChI is InChI=1S/C12H14N4O/c1-16-6-5-11(15-16)8-14-12(17)9-3-2-4-10(13)7-9/h2-7H,8,13H2,1H3,(H,14,17). The molecular formula is C12H14N4O. The van der Waals surface area contributed by atoms with Crippen molar-refractivity contribution in [1.29, 1.82) is 0 Å². The Morgan fingerprint density at radius 1 is 1.47 bits per heavy atom. The van der Waals surface area contributed by atoms with Crippen LogP contribution in [-0.4, -0.2) is 15.7 Å². The van der Waals surface area contributed by atoms with Gasteiger partial charge in [-0.15, -0.1) is 0 Å². The van der Waals surface area contributed by atoms with Gasteiger partial charge in [0.25, 0.3) is 5.91 Å². The summed E-state index contributed by atoms with van der Waals surface area (Å²) >= 11 is 0. The molecule has 2 aromatic rings. The van der Waals surface area contributed by atoms with E-state index in [-0.39, 0.29) is 5.91 Å². The Hall–Kier alpha value is -2.30. The molecule has 0 radical (unpaired) electrons. The second-order valence-corrected chi connectivity index (χ2v) is 3.79. The molecule has 0 bridgehead atoms. The second-order valence-electron chi connectivity index (χ2n) is 3.79. The number of hydrogen-bond donors (Lipinski definition) is 2. The van der Waals surface area contributed by atoms with Crippen molar-refractivity contribution in [2.45, 2.75) is 6.54 Å². The van der Waals surface area contributed by atoms with Gasteiger partial charge in [0.15, 0.2) is 0 Å². The Morgan fingerprint density at radius 3 is 2.94 bits per heavy atom. The minimum Gasteiger partial charge on any atom is -0.399 e. The van der Waals surface area contributed by atoms with Crippen LogP contribution in [0.3, 0.4) is 0 Å². The summed E-state index contributed by atoms with van der Waals surface area (Å²) in [4.78, 5) is 11.8. The van der Waals surface area contributed by atoms with Crippen molar-refractivity contribution < 1.29 is 4.79 Å². The van der Waals surface area contributed by atoms with Gasteiger partial charge in [0.2, 0.25) is 0 Å². The van der Waals surface area contributed by atoms with Crippen molar-refractivity contribution in [3.8, 4) is 0 Å². The minimum absolute atomic E-state index is 0.150. The number of hydrogen-bond acceptors (Lipinski definition) is 3. The largest absolute Gasteiger partial charge is 0.399 e. The fraction of sp³-hybridized carbons (Fsp3) is 0.167. The van der Waals surface area contributed by atoms with Crippen LogP contribution in [0, 0.1) is 0 Å². The van der Waals surface area contributed by atoms with Crippen LogP contribution in [0.25, 0.3) is 0 Å². The molecule has 1 heterocycles. The van der Waals surface area contributed by atoms with E-state index in [4.69, 9.17) is 5.73 Å². The third-order valence-electron chi connectivity index (χ3n) is 2.35. The Balaban J connectivity index is 1.98. The molecule has 3 N–H and O–H groups in total. The zero-order valence-corrected chi connectivity index (χ0v) is 9.55. The molecule has 0 aliphatic heterocycles. The quantitative estimate of drug-likeness (QED) is 0.770. The third kappa shape index (κ3) is 2.84. The topological polar surface area (TPSA) is 72.9 Å². The van der Waals surface area contributed by atoms with Crippen LogP contribution in [-0.2, 0) is 13.6 Å². The highest BCUT2D eigenvalue weighted by molar-refractivity contribution is 5.94. The van der Waals surface area contributed by atoms with E-state index in [2.05, 4.69) is 10.4 Å². The molecule has 0 aliphatic rings. The summed E-state index contributed by atoms with van der Waals surface area (Å²) < 4.78 is 1.70. The van der Waals surface area contributed by atoms with Gasteiger partial charge in [-0.1, -0.05) is 6.07 Å². The number of aryl methyl sites for hydroxylation is 1. The summed E-state index contributed by atoms with van der Waals surface area (Å²) in [5.74, 6) is -0.150. The van der Waals surface area contributed by atoms with Crippen molar-refractivity contribution in [3.63, 3.8) is 0 Å².